The van der Waals surface area contributed by atoms with Crippen molar-refractivity contribution in [2.24, 2.45) is 0 Å². The summed E-state index contributed by atoms with van der Waals surface area (Å²) in [5.41, 5.74) is 5.81. The van der Waals surface area contributed by atoms with Gasteiger partial charge in [0.1, 0.15) is 5.75 Å². The van der Waals surface area contributed by atoms with E-state index in [-0.39, 0.29) is 42.4 Å². The normalized spacial score (nSPS) is 18.5. The Morgan fingerprint density at radius 3 is 2.52 bits per heavy atom. The van der Waals surface area contributed by atoms with Gasteiger partial charge in [-0.1, -0.05) is 5.10 Å². The second-order valence-corrected chi connectivity index (χ2v) is 4.93. The zero-order valence-electron chi connectivity index (χ0n) is 11.6. The number of ether oxygens (including phenoxy) is 1. The van der Waals surface area contributed by atoms with Crippen LogP contribution in [0.2, 0.25) is 0 Å². The van der Waals surface area contributed by atoms with Gasteiger partial charge >= 0.3 is 12.4 Å². The van der Waals surface area contributed by atoms with Gasteiger partial charge in [-0.25, -0.2) is 0 Å². The number of hydrogen-bond acceptors (Lipinski definition) is 6. The number of carbonyl (C=O) groups is 1. The Bertz CT molecular complexity index is 714. The fourth-order valence-corrected chi connectivity index (χ4v) is 2.36. The molecule has 2 aromatic rings. The minimum atomic E-state index is -4.76. The summed E-state index contributed by atoms with van der Waals surface area (Å²) < 4.78 is 45.3. The minimum absolute atomic E-state index is 0.0837. The highest BCUT2D eigenvalue weighted by molar-refractivity contribution is 5.96. The lowest BCUT2D eigenvalue weighted by Crippen LogP contribution is -2.24. The lowest BCUT2D eigenvalue weighted by Gasteiger charge is -2.17. The molecule has 23 heavy (non-hydrogen) atoms. The van der Waals surface area contributed by atoms with Crippen LogP contribution >= 0.6 is 0 Å². The van der Waals surface area contributed by atoms with Crippen LogP contribution in [0.3, 0.4) is 0 Å². The first kappa shape index (κ1) is 15.1. The SMILES string of the molecule is Nc1nnc(C2CC(=O)N(c3ccc(OC(F)(F)F)cc3)C2)o1. The second kappa shape index (κ2) is 5.45. The molecule has 0 aliphatic carbocycles. The van der Waals surface area contributed by atoms with E-state index >= 15 is 0 Å². The summed E-state index contributed by atoms with van der Waals surface area (Å²) in [5.74, 6) is -0.598. The molecule has 1 aliphatic heterocycles. The van der Waals surface area contributed by atoms with Gasteiger partial charge in [0.25, 0.3) is 0 Å². The van der Waals surface area contributed by atoms with Crippen LogP contribution in [0.25, 0.3) is 0 Å². The molecule has 1 aromatic heterocycles. The van der Waals surface area contributed by atoms with E-state index in [0.29, 0.717) is 5.69 Å². The largest absolute Gasteiger partial charge is 0.573 e. The number of benzene rings is 1. The Morgan fingerprint density at radius 2 is 1.96 bits per heavy atom. The van der Waals surface area contributed by atoms with Gasteiger partial charge in [-0.05, 0) is 24.3 Å². The average molecular weight is 328 g/mol. The Morgan fingerprint density at radius 1 is 1.26 bits per heavy atom. The number of aromatic nitrogens is 2. The van der Waals surface area contributed by atoms with Gasteiger partial charge in [0.2, 0.25) is 11.8 Å². The predicted octanol–water partition coefficient (Wildman–Crippen LogP) is 2.07. The third-order valence-corrected chi connectivity index (χ3v) is 3.31. The summed E-state index contributed by atoms with van der Waals surface area (Å²) in [6.45, 7) is 0.278. The standard InChI is InChI=1S/C13H11F3N4O3/c14-13(15,16)23-9-3-1-8(2-4-9)20-6-7(5-10(20)21)11-18-19-12(17)22-11/h1-4,7H,5-6H2,(H2,17,19). The van der Waals surface area contributed by atoms with Crippen LogP contribution in [0.5, 0.6) is 5.75 Å². The summed E-state index contributed by atoms with van der Waals surface area (Å²) in [6.07, 6.45) is -4.60. The smallest absolute Gasteiger partial charge is 0.408 e. The van der Waals surface area contributed by atoms with E-state index in [1.54, 1.807) is 0 Å². The van der Waals surface area contributed by atoms with Crippen LogP contribution in [0.15, 0.2) is 28.7 Å². The monoisotopic (exact) mass is 328 g/mol. The van der Waals surface area contributed by atoms with E-state index in [1.165, 1.54) is 17.0 Å². The molecule has 0 spiro atoms. The molecule has 0 saturated carbocycles. The van der Waals surface area contributed by atoms with E-state index in [2.05, 4.69) is 14.9 Å². The Balaban J connectivity index is 1.73. The molecule has 1 atom stereocenters. The molecule has 10 heteroatoms. The molecule has 0 radical (unpaired) electrons. The van der Waals surface area contributed by atoms with E-state index in [1.807, 2.05) is 0 Å². The molecule has 1 unspecified atom stereocenters. The summed E-state index contributed by atoms with van der Waals surface area (Å²) in [4.78, 5) is 13.5. The second-order valence-electron chi connectivity index (χ2n) is 4.93. The van der Waals surface area contributed by atoms with E-state index < -0.39 is 6.36 Å². The van der Waals surface area contributed by atoms with Crippen molar-refractivity contribution < 1.29 is 27.1 Å². The van der Waals surface area contributed by atoms with Crippen LogP contribution in [-0.2, 0) is 4.79 Å². The maximum atomic E-state index is 12.1. The highest BCUT2D eigenvalue weighted by Crippen LogP contribution is 2.32. The van der Waals surface area contributed by atoms with Crippen LogP contribution < -0.4 is 15.4 Å². The highest BCUT2D eigenvalue weighted by Gasteiger charge is 2.35. The van der Waals surface area contributed by atoms with Crippen LogP contribution in [0, 0.1) is 0 Å². The first-order valence-electron chi connectivity index (χ1n) is 6.57. The number of nitrogens with two attached hydrogens (primary N) is 1. The van der Waals surface area contributed by atoms with Gasteiger partial charge in [0.05, 0.1) is 5.92 Å². The first-order valence-corrected chi connectivity index (χ1v) is 6.57. The molecule has 1 fully saturated rings. The van der Waals surface area contributed by atoms with Gasteiger partial charge in [-0.15, -0.1) is 18.3 Å². The molecule has 1 amide bonds. The van der Waals surface area contributed by atoms with Gasteiger partial charge in [-0.2, -0.15) is 0 Å². The highest BCUT2D eigenvalue weighted by atomic mass is 19.4. The van der Waals surface area contributed by atoms with Crippen molar-refractivity contribution in [3.05, 3.63) is 30.2 Å². The Kier molecular flexibility index (Phi) is 3.58. The average Bonchev–Trinajstić information content (AvgIpc) is 3.04. The fourth-order valence-electron chi connectivity index (χ4n) is 2.36. The Hall–Kier alpha value is -2.78. The van der Waals surface area contributed by atoms with Gasteiger partial charge < -0.3 is 19.8 Å². The van der Waals surface area contributed by atoms with Crippen LogP contribution in [0.4, 0.5) is 24.9 Å². The zero-order chi connectivity index (χ0) is 16.6. The molecule has 0 bridgehead atoms. The lowest BCUT2D eigenvalue weighted by molar-refractivity contribution is -0.274. The molecule has 7 nitrogen and oxygen atoms in total. The molecular formula is C13H11F3N4O3. The maximum absolute atomic E-state index is 12.1. The summed E-state index contributed by atoms with van der Waals surface area (Å²) >= 11 is 0. The number of amides is 1. The summed E-state index contributed by atoms with van der Waals surface area (Å²) in [7, 11) is 0. The number of alkyl halides is 3. The molecule has 1 aromatic carbocycles. The van der Waals surface area contributed by atoms with Gasteiger partial charge in [-0.3, -0.25) is 4.79 Å². The van der Waals surface area contributed by atoms with Crippen molar-refractivity contribution in [2.75, 3.05) is 17.2 Å². The third kappa shape index (κ3) is 3.35. The van der Waals surface area contributed by atoms with Crippen molar-refractivity contribution in [1.29, 1.82) is 0 Å². The number of hydrogen-bond donors (Lipinski definition) is 1. The molecule has 3 rings (SSSR count). The number of anilines is 2. The molecule has 122 valence electrons. The van der Waals surface area contributed by atoms with E-state index in [9.17, 15) is 18.0 Å². The van der Waals surface area contributed by atoms with Crippen molar-refractivity contribution in [3.8, 4) is 5.75 Å². The first-order chi connectivity index (χ1) is 10.8. The van der Waals surface area contributed by atoms with Crippen molar-refractivity contribution in [3.63, 3.8) is 0 Å². The van der Waals surface area contributed by atoms with Crippen molar-refractivity contribution in [1.82, 2.24) is 10.2 Å². The lowest BCUT2D eigenvalue weighted by atomic mass is 10.1. The summed E-state index contributed by atoms with van der Waals surface area (Å²) in [6, 6.07) is 4.97. The molecule has 1 aliphatic rings. The number of carbonyl (C=O) groups excluding carboxylic acids is 1. The predicted molar refractivity (Wildman–Crippen MR) is 71.5 cm³/mol. The van der Waals surface area contributed by atoms with Gasteiger partial charge in [0.15, 0.2) is 0 Å². The van der Waals surface area contributed by atoms with Crippen LogP contribution in [-0.4, -0.2) is 29.0 Å². The summed E-state index contributed by atoms with van der Waals surface area (Å²) in [5, 5.41) is 7.29. The molecule has 2 heterocycles. The topological polar surface area (TPSA) is 94.5 Å². The molecular weight excluding hydrogens is 317 g/mol. The number of nitrogens with zero attached hydrogens (tertiary/aromatic N) is 3. The van der Waals surface area contributed by atoms with E-state index in [4.69, 9.17) is 10.2 Å². The van der Waals surface area contributed by atoms with Gasteiger partial charge in [0, 0.05) is 18.7 Å². The third-order valence-electron chi connectivity index (χ3n) is 3.31. The van der Waals surface area contributed by atoms with Crippen LogP contribution in [0.1, 0.15) is 18.2 Å². The number of rotatable bonds is 3. The van der Waals surface area contributed by atoms with E-state index in [0.717, 1.165) is 12.1 Å². The fraction of sp³-hybridized carbons (Fsp3) is 0.308. The number of nitrogen functional groups attached to an aromatic ring is 1. The quantitative estimate of drug-likeness (QED) is 0.927. The zero-order valence-corrected chi connectivity index (χ0v) is 11.6. The number of halogens is 3. The van der Waals surface area contributed by atoms with Crippen molar-refractivity contribution >= 4 is 17.6 Å². The molecule has 1 saturated heterocycles. The Labute approximate surface area is 127 Å². The minimum Gasteiger partial charge on any atom is -0.408 e. The maximum Gasteiger partial charge on any atom is 0.573 e. The molecule has 2 N–H and O–H groups in total. The van der Waals surface area contributed by atoms with Crippen molar-refractivity contribution in [2.45, 2.75) is 18.7 Å².